The summed E-state index contributed by atoms with van der Waals surface area (Å²) in [5.41, 5.74) is -0.519. The highest BCUT2D eigenvalue weighted by molar-refractivity contribution is 5.07. The molecule has 0 aliphatic carbocycles. The number of ether oxygens (including phenoxy) is 2. The van der Waals surface area contributed by atoms with E-state index in [0.717, 1.165) is 6.42 Å². The molecule has 0 spiro atoms. The molecule has 2 heteroatoms. The van der Waals surface area contributed by atoms with Crippen molar-refractivity contribution in [3.63, 3.8) is 0 Å². The zero-order valence-corrected chi connectivity index (χ0v) is 6.81. The van der Waals surface area contributed by atoms with Gasteiger partial charge in [-0.25, -0.2) is 0 Å². The third-order valence-electron chi connectivity index (χ3n) is 1.60. The fourth-order valence-corrected chi connectivity index (χ4v) is 0.741. The van der Waals surface area contributed by atoms with Crippen LogP contribution in [0.4, 0.5) is 0 Å². The van der Waals surface area contributed by atoms with Crippen molar-refractivity contribution in [2.24, 2.45) is 0 Å². The molecule has 58 valence electrons. The van der Waals surface area contributed by atoms with Crippen molar-refractivity contribution < 1.29 is 9.47 Å². The molecule has 10 heavy (non-hydrogen) atoms. The molecule has 1 atom stereocenters. The van der Waals surface area contributed by atoms with E-state index in [4.69, 9.17) is 15.9 Å². The van der Waals surface area contributed by atoms with Crippen molar-refractivity contribution in [1.82, 2.24) is 0 Å². The lowest BCUT2D eigenvalue weighted by atomic mass is 10.0. The highest BCUT2D eigenvalue weighted by atomic mass is 16.5. The summed E-state index contributed by atoms with van der Waals surface area (Å²) in [6, 6.07) is 0. The summed E-state index contributed by atoms with van der Waals surface area (Å²) in [5, 5.41) is 0. The van der Waals surface area contributed by atoms with Gasteiger partial charge in [0.05, 0.1) is 6.61 Å². The van der Waals surface area contributed by atoms with Crippen molar-refractivity contribution in [2.75, 3.05) is 20.8 Å². The first kappa shape index (κ1) is 9.48. The highest BCUT2D eigenvalue weighted by Crippen LogP contribution is 2.13. The Morgan fingerprint density at radius 1 is 1.50 bits per heavy atom. The third-order valence-corrected chi connectivity index (χ3v) is 1.60. The molecule has 0 aromatic heterocycles. The lowest BCUT2D eigenvalue weighted by Gasteiger charge is -2.23. The first-order valence-electron chi connectivity index (χ1n) is 3.26. The van der Waals surface area contributed by atoms with E-state index in [2.05, 4.69) is 5.92 Å². The molecule has 0 N–H and O–H groups in total. The molecule has 0 bridgehead atoms. The average molecular weight is 142 g/mol. The van der Waals surface area contributed by atoms with Crippen molar-refractivity contribution >= 4 is 0 Å². The fraction of sp³-hybridized carbons (Fsp3) is 0.750. The molecule has 0 heterocycles. The van der Waals surface area contributed by atoms with Crippen LogP contribution in [0.3, 0.4) is 0 Å². The number of hydrogen-bond donors (Lipinski definition) is 0. The quantitative estimate of drug-likeness (QED) is 0.546. The van der Waals surface area contributed by atoms with Crippen molar-refractivity contribution in [1.29, 1.82) is 0 Å². The summed E-state index contributed by atoms with van der Waals surface area (Å²) in [4.78, 5) is 0. The fourth-order valence-electron chi connectivity index (χ4n) is 0.741. The zero-order chi connectivity index (χ0) is 8.04. The minimum absolute atomic E-state index is 0.455. The minimum atomic E-state index is -0.519. The average Bonchev–Trinajstić information content (AvgIpc) is 2.01. The molecule has 0 amide bonds. The Morgan fingerprint density at radius 3 is 2.20 bits per heavy atom. The Kier molecular flexibility index (Phi) is 4.10. The molecule has 0 saturated heterocycles. The monoisotopic (exact) mass is 142 g/mol. The maximum Gasteiger partial charge on any atom is 0.150 e. The van der Waals surface area contributed by atoms with Crippen LogP contribution in [0.2, 0.25) is 0 Å². The van der Waals surface area contributed by atoms with Gasteiger partial charge in [0.2, 0.25) is 0 Å². The third kappa shape index (κ3) is 2.02. The van der Waals surface area contributed by atoms with Gasteiger partial charge < -0.3 is 9.47 Å². The van der Waals surface area contributed by atoms with Gasteiger partial charge in [0.1, 0.15) is 0 Å². The number of rotatable bonds is 4. The Hall–Kier alpha value is -0.520. The van der Waals surface area contributed by atoms with Crippen LogP contribution in [0, 0.1) is 12.3 Å². The van der Waals surface area contributed by atoms with E-state index in [1.807, 2.05) is 6.92 Å². The molecule has 1 unspecified atom stereocenters. The second kappa shape index (κ2) is 4.32. The van der Waals surface area contributed by atoms with E-state index >= 15 is 0 Å². The van der Waals surface area contributed by atoms with Crippen LogP contribution in [0.25, 0.3) is 0 Å². The summed E-state index contributed by atoms with van der Waals surface area (Å²) < 4.78 is 10.0. The molecule has 0 fully saturated rings. The summed E-state index contributed by atoms with van der Waals surface area (Å²) in [5.74, 6) is 2.57. The molecular weight excluding hydrogens is 128 g/mol. The highest BCUT2D eigenvalue weighted by Gasteiger charge is 2.23. The molecule has 0 aliphatic rings. The van der Waals surface area contributed by atoms with E-state index in [1.165, 1.54) is 0 Å². The minimum Gasteiger partial charge on any atom is -0.381 e. The topological polar surface area (TPSA) is 18.5 Å². The van der Waals surface area contributed by atoms with Crippen LogP contribution in [0.15, 0.2) is 0 Å². The van der Waals surface area contributed by atoms with Gasteiger partial charge in [0.25, 0.3) is 0 Å². The predicted octanol–water partition coefficient (Wildman–Crippen LogP) is 1.06. The van der Waals surface area contributed by atoms with E-state index in [0.29, 0.717) is 6.61 Å². The Labute approximate surface area is 62.5 Å². The van der Waals surface area contributed by atoms with Gasteiger partial charge in [-0.1, -0.05) is 12.8 Å². The molecular formula is C8H14O2. The van der Waals surface area contributed by atoms with Crippen LogP contribution in [-0.2, 0) is 9.47 Å². The number of hydrogen-bond acceptors (Lipinski definition) is 2. The smallest absolute Gasteiger partial charge is 0.150 e. The molecule has 0 aliphatic heterocycles. The lowest BCUT2D eigenvalue weighted by molar-refractivity contribution is -0.0240. The second-order valence-corrected chi connectivity index (χ2v) is 2.13. The van der Waals surface area contributed by atoms with Crippen molar-refractivity contribution in [3.05, 3.63) is 0 Å². The van der Waals surface area contributed by atoms with Crippen molar-refractivity contribution in [2.45, 2.75) is 18.9 Å². The summed E-state index contributed by atoms with van der Waals surface area (Å²) in [6.07, 6.45) is 6.03. The second-order valence-electron chi connectivity index (χ2n) is 2.13. The van der Waals surface area contributed by atoms with Crippen LogP contribution in [0.1, 0.15) is 13.3 Å². The van der Waals surface area contributed by atoms with Gasteiger partial charge in [-0.05, 0) is 6.42 Å². The predicted molar refractivity (Wildman–Crippen MR) is 40.7 cm³/mol. The molecule has 2 nitrogen and oxygen atoms in total. The Balaban J connectivity index is 4.05. The van der Waals surface area contributed by atoms with Gasteiger partial charge in [0.15, 0.2) is 5.60 Å². The van der Waals surface area contributed by atoms with E-state index in [1.54, 1.807) is 14.2 Å². The van der Waals surface area contributed by atoms with Gasteiger partial charge in [-0.3, -0.25) is 0 Å². The van der Waals surface area contributed by atoms with Gasteiger partial charge >= 0.3 is 0 Å². The summed E-state index contributed by atoms with van der Waals surface area (Å²) in [6.45, 7) is 2.43. The first-order chi connectivity index (χ1) is 4.74. The normalized spacial score (nSPS) is 15.8. The lowest BCUT2D eigenvalue weighted by Crippen LogP contribution is -2.33. The Bertz CT molecular complexity index is 120. The molecule has 0 rings (SSSR count). The largest absolute Gasteiger partial charge is 0.381 e. The van der Waals surface area contributed by atoms with E-state index in [-0.39, 0.29) is 0 Å². The number of terminal acetylenes is 1. The SMILES string of the molecule is C#CC(CC)(COC)OC. The van der Waals surface area contributed by atoms with Crippen LogP contribution < -0.4 is 0 Å². The zero-order valence-electron chi connectivity index (χ0n) is 6.81. The van der Waals surface area contributed by atoms with Gasteiger partial charge in [-0.15, -0.1) is 6.42 Å². The standard InChI is InChI=1S/C8H14O2/c1-5-8(6-2,10-4)7-9-3/h1H,6-7H2,2-4H3. The maximum atomic E-state index is 5.26. The summed E-state index contributed by atoms with van der Waals surface area (Å²) in [7, 11) is 3.21. The summed E-state index contributed by atoms with van der Waals surface area (Å²) >= 11 is 0. The Morgan fingerprint density at radius 2 is 2.10 bits per heavy atom. The number of methoxy groups -OCH3 is 2. The molecule has 0 aromatic rings. The van der Waals surface area contributed by atoms with Crippen molar-refractivity contribution in [3.8, 4) is 12.3 Å². The van der Waals surface area contributed by atoms with Gasteiger partial charge in [0, 0.05) is 14.2 Å². The molecule has 0 saturated carbocycles. The van der Waals surface area contributed by atoms with E-state index < -0.39 is 5.60 Å². The molecule has 0 aromatic carbocycles. The van der Waals surface area contributed by atoms with Gasteiger partial charge in [-0.2, -0.15) is 0 Å². The molecule has 0 radical (unpaired) electrons. The first-order valence-corrected chi connectivity index (χ1v) is 3.26. The van der Waals surface area contributed by atoms with E-state index in [9.17, 15) is 0 Å². The van der Waals surface area contributed by atoms with Crippen LogP contribution in [-0.4, -0.2) is 26.4 Å². The maximum absolute atomic E-state index is 5.26. The van der Waals surface area contributed by atoms with Crippen LogP contribution >= 0.6 is 0 Å². The van der Waals surface area contributed by atoms with Crippen LogP contribution in [0.5, 0.6) is 0 Å².